The largest absolute Gasteiger partial charge is 0.383 e. The first-order valence-corrected chi connectivity index (χ1v) is 8.23. The molecular formula is C18H30N2O. The van der Waals surface area contributed by atoms with E-state index in [1.54, 1.807) is 7.11 Å². The molecule has 0 aliphatic heterocycles. The highest BCUT2D eigenvalue weighted by atomic mass is 16.5. The van der Waals surface area contributed by atoms with Gasteiger partial charge in [-0.15, -0.1) is 0 Å². The molecule has 0 aromatic heterocycles. The molecule has 1 fully saturated rings. The van der Waals surface area contributed by atoms with Crippen molar-refractivity contribution in [2.75, 3.05) is 31.7 Å². The van der Waals surface area contributed by atoms with Gasteiger partial charge in [-0.25, -0.2) is 0 Å². The third kappa shape index (κ3) is 4.45. The van der Waals surface area contributed by atoms with Crippen LogP contribution in [0.1, 0.15) is 37.8 Å². The molecule has 21 heavy (non-hydrogen) atoms. The first-order chi connectivity index (χ1) is 10.2. The Morgan fingerprint density at radius 3 is 2.76 bits per heavy atom. The van der Waals surface area contributed by atoms with Crippen LogP contribution in [0, 0.1) is 12.8 Å². The van der Waals surface area contributed by atoms with Gasteiger partial charge in [0, 0.05) is 31.9 Å². The number of aryl methyl sites for hydroxylation is 1. The van der Waals surface area contributed by atoms with Crippen LogP contribution in [0.4, 0.5) is 5.69 Å². The third-order valence-electron chi connectivity index (χ3n) is 4.44. The molecule has 0 bridgehead atoms. The molecule has 3 heteroatoms. The summed E-state index contributed by atoms with van der Waals surface area (Å²) in [6.07, 6.45) is 2.75. The van der Waals surface area contributed by atoms with E-state index in [9.17, 15) is 0 Å². The maximum Gasteiger partial charge on any atom is 0.0637 e. The summed E-state index contributed by atoms with van der Waals surface area (Å²) in [5.74, 6) is 0.857. The minimum atomic E-state index is 0.600. The molecule has 1 aromatic rings. The van der Waals surface area contributed by atoms with E-state index in [1.807, 2.05) is 0 Å². The van der Waals surface area contributed by atoms with Crippen molar-refractivity contribution in [2.24, 2.45) is 5.92 Å². The van der Waals surface area contributed by atoms with Gasteiger partial charge in [0.05, 0.1) is 6.61 Å². The monoisotopic (exact) mass is 290 g/mol. The Hall–Kier alpha value is -1.06. The van der Waals surface area contributed by atoms with Crippen LogP contribution in [0.5, 0.6) is 0 Å². The van der Waals surface area contributed by atoms with Crippen LogP contribution in [0.25, 0.3) is 0 Å². The Kier molecular flexibility index (Phi) is 6.07. The minimum absolute atomic E-state index is 0.600. The lowest BCUT2D eigenvalue weighted by molar-refractivity contribution is 0.202. The summed E-state index contributed by atoms with van der Waals surface area (Å²) in [6, 6.07) is 7.43. The molecule has 118 valence electrons. The van der Waals surface area contributed by atoms with Crippen molar-refractivity contribution in [3.05, 3.63) is 29.3 Å². The topological polar surface area (TPSA) is 24.5 Å². The molecule has 1 N–H and O–H groups in total. The van der Waals surface area contributed by atoms with Gasteiger partial charge >= 0.3 is 0 Å². The van der Waals surface area contributed by atoms with Crippen molar-refractivity contribution in [1.82, 2.24) is 5.32 Å². The second-order valence-electron chi connectivity index (χ2n) is 6.18. The van der Waals surface area contributed by atoms with Gasteiger partial charge in [-0.2, -0.15) is 0 Å². The standard InChI is InChI=1S/C18H30N2O/c1-5-19-13-17-12-14(2)6-9-18(17)20(10-11-21-4)15(3)16-7-8-16/h6,9,12,15-16,19H,5,7-8,10-11,13H2,1-4H3. The van der Waals surface area contributed by atoms with Crippen molar-refractivity contribution in [2.45, 2.75) is 46.2 Å². The molecule has 0 spiro atoms. The van der Waals surface area contributed by atoms with Crippen LogP contribution in [-0.4, -0.2) is 32.8 Å². The average molecular weight is 290 g/mol. The molecular weight excluding hydrogens is 260 g/mol. The molecule has 1 aliphatic rings. The summed E-state index contributed by atoms with van der Waals surface area (Å²) in [5, 5.41) is 3.47. The zero-order chi connectivity index (χ0) is 15.2. The first-order valence-electron chi connectivity index (χ1n) is 8.23. The van der Waals surface area contributed by atoms with Gasteiger partial charge in [-0.05, 0) is 50.8 Å². The highest BCUT2D eigenvalue weighted by Crippen LogP contribution is 2.37. The van der Waals surface area contributed by atoms with Gasteiger partial charge in [0.15, 0.2) is 0 Å². The van der Waals surface area contributed by atoms with E-state index in [0.29, 0.717) is 6.04 Å². The maximum absolute atomic E-state index is 5.33. The van der Waals surface area contributed by atoms with E-state index in [2.05, 4.69) is 49.2 Å². The SMILES string of the molecule is CCNCc1cc(C)ccc1N(CCOC)C(C)C1CC1. The summed E-state index contributed by atoms with van der Waals surface area (Å²) in [5.41, 5.74) is 4.11. The zero-order valence-electron chi connectivity index (χ0n) is 14.0. The molecule has 2 rings (SSSR count). The molecule has 1 aromatic carbocycles. The van der Waals surface area contributed by atoms with Gasteiger partial charge in [-0.3, -0.25) is 0 Å². The number of benzene rings is 1. The number of anilines is 1. The van der Waals surface area contributed by atoms with Crippen LogP contribution in [0.15, 0.2) is 18.2 Å². The normalized spacial score (nSPS) is 16.0. The molecule has 3 nitrogen and oxygen atoms in total. The van der Waals surface area contributed by atoms with E-state index in [4.69, 9.17) is 4.74 Å². The van der Waals surface area contributed by atoms with Crippen molar-refractivity contribution >= 4 is 5.69 Å². The van der Waals surface area contributed by atoms with Crippen molar-refractivity contribution in [3.8, 4) is 0 Å². The van der Waals surface area contributed by atoms with Crippen molar-refractivity contribution < 1.29 is 4.74 Å². The van der Waals surface area contributed by atoms with Crippen LogP contribution in [-0.2, 0) is 11.3 Å². The fourth-order valence-corrected chi connectivity index (χ4v) is 2.96. The molecule has 0 heterocycles. The Bertz CT molecular complexity index is 443. The van der Waals surface area contributed by atoms with Gasteiger partial charge in [-0.1, -0.05) is 24.6 Å². The molecule has 0 amide bonds. The van der Waals surface area contributed by atoms with E-state index >= 15 is 0 Å². The van der Waals surface area contributed by atoms with Crippen LogP contribution >= 0.6 is 0 Å². The Morgan fingerprint density at radius 2 is 2.14 bits per heavy atom. The van der Waals surface area contributed by atoms with Crippen LogP contribution in [0.3, 0.4) is 0 Å². The smallest absolute Gasteiger partial charge is 0.0637 e. The highest BCUT2D eigenvalue weighted by molar-refractivity contribution is 5.56. The summed E-state index contributed by atoms with van der Waals surface area (Å²) >= 11 is 0. The maximum atomic E-state index is 5.33. The lowest BCUT2D eigenvalue weighted by atomic mass is 10.0. The zero-order valence-corrected chi connectivity index (χ0v) is 14.0. The Morgan fingerprint density at radius 1 is 1.38 bits per heavy atom. The quantitative estimate of drug-likeness (QED) is 0.755. The van der Waals surface area contributed by atoms with Gasteiger partial charge < -0.3 is 15.0 Å². The first kappa shape index (κ1) is 16.3. The van der Waals surface area contributed by atoms with Gasteiger partial charge in [0.1, 0.15) is 0 Å². The van der Waals surface area contributed by atoms with Crippen molar-refractivity contribution in [1.29, 1.82) is 0 Å². The van der Waals surface area contributed by atoms with E-state index < -0.39 is 0 Å². The molecule has 1 atom stereocenters. The van der Waals surface area contributed by atoms with E-state index in [-0.39, 0.29) is 0 Å². The number of hydrogen-bond donors (Lipinski definition) is 1. The second kappa shape index (κ2) is 7.81. The molecule has 0 saturated heterocycles. The van der Waals surface area contributed by atoms with Crippen molar-refractivity contribution in [3.63, 3.8) is 0 Å². The molecule has 1 unspecified atom stereocenters. The Labute approximate surface area is 129 Å². The van der Waals surface area contributed by atoms with Gasteiger partial charge in [0.25, 0.3) is 0 Å². The van der Waals surface area contributed by atoms with E-state index in [1.165, 1.54) is 29.7 Å². The minimum Gasteiger partial charge on any atom is -0.383 e. The molecule has 0 radical (unpaired) electrons. The van der Waals surface area contributed by atoms with E-state index in [0.717, 1.165) is 32.2 Å². The third-order valence-corrected chi connectivity index (χ3v) is 4.44. The fourth-order valence-electron chi connectivity index (χ4n) is 2.96. The molecule has 1 saturated carbocycles. The summed E-state index contributed by atoms with van der Waals surface area (Å²) in [6.45, 7) is 10.4. The summed E-state index contributed by atoms with van der Waals surface area (Å²) in [4.78, 5) is 2.55. The number of nitrogens with one attached hydrogen (secondary N) is 1. The highest BCUT2D eigenvalue weighted by Gasteiger charge is 2.32. The molecule has 1 aliphatic carbocycles. The Balaban J connectivity index is 2.23. The lowest BCUT2D eigenvalue weighted by Crippen LogP contribution is -2.38. The van der Waals surface area contributed by atoms with Crippen LogP contribution in [0.2, 0.25) is 0 Å². The average Bonchev–Trinajstić information content (AvgIpc) is 3.31. The number of ether oxygens (including phenoxy) is 1. The lowest BCUT2D eigenvalue weighted by Gasteiger charge is -2.33. The number of rotatable bonds is 9. The second-order valence-corrected chi connectivity index (χ2v) is 6.18. The number of methoxy groups -OCH3 is 1. The van der Waals surface area contributed by atoms with Crippen LogP contribution < -0.4 is 10.2 Å². The van der Waals surface area contributed by atoms with Gasteiger partial charge in [0.2, 0.25) is 0 Å². The number of nitrogens with zero attached hydrogens (tertiary/aromatic N) is 1. The summed E-state index contributed by atoms with van der Waals surface area (Å²) < 4.78 is 5.33. The summed E-state index contributed by atoms with van der Waals surface area (Å²) in [7, 11) is 1.79. The number of hydrogen-bond acceptors (Lipinski definition) is 3. The predicted molar refractivity (Wildman–Crippen MR) is 90.0 cm³/mol. The fraction of sp³-hybridized carbons (Fsp3) is 0.667. The predicted octanol–water partition coefficient (Wildman–Crippen LogP) is 3.36.